The molecule has 0 aromatic carbocycles. The van der Waals surface area contributed by atoms with Gasteiger partial charge in [-0.05, 0) is 0 Å². The molecule has 0 aliphatic heterocycles. The Morgan fingerprint density at radius 1 is 0.583 bits per heavy atom. The SMILES string of the molecule is NS(=O)(=O)OC(F)(F)C(F)(F)C(F)(F)C(F)(F)C(F)(F)C(F)(F)F. The van der Waals surface area contributed by atoms with Crippen LogP contribution in [0.2, 0.25) is 0 Å². The summed E-state index contributed by atoms with van der Waals surface area (Å²) in [6, 6.07) is 0. The topological polar surface area (TPSA) is 69.4 Å². The van der Waals surface area contributed by atoms with Gasteiger partial charge in [0.2, 0.25) is 0 Å². The van der Waals surface area contributed by atoms with E-state index in [9.17, 15) is 65.5 Å². The van der Waals surface area contributed by atoms with Crippen molar-refractivity contribution in [1.82, 2.24) is 0 Å². The van der Waals surface area contributed by atoms with Gasteiger partial charge in [-0.15, -0.1) is 0 Å². The largest absolute Gasteiger partial charge is 0.460 e. The van der Waals surface area contributed by atoms with Crippen molar-refractivity contribution in [2.45, 2.75) is 36.0 Å². The van der Waals surface area contributed by atoms with Gasteiger partial charge in [-0.2, -0.15) is 69.7 Å². The summed E-state index contributed by atoms with van der Waals surface area (Å²) in [6.07, 6.45) is -14.8. The Kier molecular flexibility index (Phi) is 5.24. The minimum absolute atomic E-state index is 1.90. The lowest BCUT2D eigenvalue weighted by Crippen LogP contribution is -2.70. The molecular weight excluding hydrogens is 413 g/mol. The fourth-order valence-electron chi connectivity index (χ4n) is 0.953. The van der Waals surface area contributed by atoms with E-state index in [1.165, 1.54) is 0 Å². The predicted octanol–water partition coefficient (Wildman–Crippen LogP) is 2.90. The molecule has 0 saturated carbocycles. The van der Waals surface area contributed by atoms with Crippen molar-refractivity contribution in [2.24, 2.45) is 5.14 Å². The molecule has 0 aliphatic rings. The van der Waals surface area contributed by atoms with Crippen LogP contribution in [0.15, 0.2) is 0 Å². The van der Waals surface area contributed by atoms with Crippen LogP contribution >= 0.6 is 0 Å². The van der Waals surface area contributed by atoms with E-state index >= 15 is 0 Å². The Balaban J connectivity index is 6.30. The first-order valence-electron chi connectivity index (χ1n) is 4.65. The van der Waals surface area contributed by atoms with Crippen molar-refractivity contribution in [3.05, 3.63) is 0 Å². The summed E-state index contributed by atoms with van der Waals surface area (Å²) in [4.78, 5) is 0. The van der Waals surface area contributed by atoms with Crippen molar-refractivity contribution >= 4 is 10.3 Å². The first-order chi connectivity index (χ1) is 9.96. The summed E-state index contributed by atoms with van der Waals surface area (Å²) in [5, 5.41) is 3.60. The molecular formula is C6H2F13NO3S. The maximum atomic E-state index is 12.8. The number of hydrogen-bond acceptors (Lipinski definition) is 3. The summed E-state index contributed by atoms with van der Waals surface area (Å²) >= 11 is 0. The number of alkyl halides is 13. The van der Waals surface area contributed by atoms with Gasteiger partial charge >= 0.3 is 46.3 Å². The van der Waals surface area contributed by atoms with E-state index in [-0.39, 0.29) is 0 Å². The number of halogens is 13. The van der Waals surface area contributed by atoms with Gasteiger partial charge in [0.15, 0.2) is 0 Å². The molecule has 0 saturated heterocycles. The molecule has 0 aliphatic carbocycles. The lowest BCUT2D eigenvalue weighted by atomic mass is 9.97. The molecule has 0 bridgehead atoms. The van der Waals surface area contributed by atoms with E-state index in [0.29, 0.717) is 0 Å². The van der Waals surface area contributed by atoms with E-state index < -0.39 is 46.3 Å². The molecule has 18 heteroatoms. The molecule has 0 aromatic heterocycles. The van der Waals surface area contributed by atoms with Crippen LogP contribution in [0.25, 0.3) is 0 Å². The zero-order valence-corrected chi connectivity index (χ0v) is 10.9. The lowest BCUT2D eigenvalue weighted by Gasteiger charge is -2.38. The van der Waals surface area contributed by atoms with E-state index in [4.69, 9.17) is 0 Å². The Hall–Kier alpha value is -1.04. The monoisotopic (exact) mass is 415 g/mol. The molecule has 0 fully saturated rings. The Morgan fingerprint density at radius 3 is 1.12 bits per heavy atom. The average molecular weight is 415 g/mol. The van der Waals surface area contributed by atoms with Crippen LogP contribution in [0.3, 0.4) is 0 Å². The molecule has 0 rings (SSSR count). The molecule has 0 amide bonds. The van der Waals surface area contributed by atoms with E-state index in [2.05, 4.69) is 5.14 Å². The van der Waals surface area contributed by atoms with Crippen LogP contribution in [-0.2, 0) is 14.5 Å². The van der Waals surface area contributed by atoms with Gasteiger partial charge in [-0.1, -0.05) is 0 Å². The highest BCUT2D eigenvalue weighted by molar-refractivity contribution is 7.84. The maximum Gasteiger partial charge on any atom is 0.460 e. The molecule has 0 aromatic rings. The number of hydrogen-bond donors (Lipinski definition) is 1. The molecule has 0 atom stereocenters. The average Bonchev–Trinajstić information content (AvgIpc) is 2.22. The van der Waals surface area contributed by atoms with Gasteiger partial charge in [0, 0.05) is 0 Å². The third kappa shape index (κ3) is 3.35. The van der Waals surface area contributed by atoms with Gasteiger partial charge in [0.1, 0.15) is 0 Å². The highest BCUT2D eigenvalue weighted by Gasteiger charge is 2.91. The second-order valence-corrected chi connectivity index (χ2v) is 5.04. The normalized spacial score (nSPS) is 16.4. The van der Waals surface area contributed by atoms with Crippen molar-refractivity contribution in [1.29, 1.82) is 0 Å². The highest BCUT2D eigenvalue weighted by Crippen LogP contribution is 2.60. The Bertz CT molecular complexity index is 579. The van der Waals surface area contributed by atoms with Gasteiger partial charge in [0.05, 0.1) is 0 Å². The molecule has 0 heterocycles. The zero-order valence-electron chi connectivity index (χ0n) is 10.1. The van der Waals surface area contributed by atoms with Crippen LogP contribution < -0.4 is 5.14 Å². The van der Waals surface area contributed by atoms with Gasteiger partial charge < -0.3 is 0 Å². The molecule has 0 radical (unpaired) electrons. The van der Waals surface area contributed by atoms with Crippen molar-refractivity contribution in [2.75, 3.05) is 0 Å². The fourth-order valence-corrected chi connectivity index (χ4v) is 1.35. The quantitative estimate of drug-likeness (QED) is 0.679. The molecule has 0 spiro atoms. The minimum atomic E-state index is -8.15. The second-order valence-electron chi connectivity index (χ2n) is 3.89. The van der Waals surface area contributed by atoms with Crippen molar-refractivity contribution in [3.63, 3.8) is 0 Å². The van der Waals surface area contributed by atoms with Crippen LogP contribution in [0.4, 0.5) is 57.1 Å². The Morgan fingerprint density at radius 2 is 0.875 bits per heavy atom. The maximum absolute atomic E-state index is 12.8. The highest BCUT2D eigenvalue weighted by atomic mass is 32.2. The second kappa shape index (κ2) is 5.48. The molecule has 24 heavy (non-hydrogen) atoms. The summed E-state index contributed by atoms with van der Waals surface area (Å²) in [5.74, 6) is -32.1. The van der Waals surface area contributed by atoms with E-state index in [0.717, 1.165) is 0 Å². The third-order valence-corrected chi connectivity index (χ3v) is 2.57. The Labute approximate surface area is 122 Å². The number of rotatable bonds is 6. The van der Waals surface area contributed by atoms with Crippen LogP contribution in [0.1, 0.15) is 0 Å². The predicted molar refractivity (Wildman–Crippen MR) is 45.0 cm³/mol. The third-order valence-electron chi connectivity index (χ3n) is 2.13. The van der Waals surface area contributed by atoms with E-state index in [1.807, 2.05) is 4.18 Å². The minimum Gasteiger partial charge on any atom is -0.205 e. The smallest absolute Gasteiger partial charge is 0.205 e. The van der Waals surface area contributed by atoms with Gasteiger partial charge in [-0.25, -0.2) is 5.14 Å². The molecule has 4 nitrogen and oxygen atoms in total. The summed E-state index contributed by atoms with van der Waals surface area (Å²) in [6.45, 7) is 0. The van der Waals surface area contributed by atoms with Crippen LogP contribution in [0, 0.1) is 0 Å². The van der Waals surface area contributed by atoms with Gasteiger partial charge in [-0.3, -0.25) is 0 Å². The standard InChI is InChI=1S/C6H2F13NO3S/c7-1(8,3(11,12)5(15,16)17)2(9,10)4(13,14)6(18,19)23-24(20,21)22/h(H2,20,21,22). The zero-order chi connectivity index (χ0) is 20.2. The number of nitrogens with two attached hydrogens (primary N) is 1. The summed E-state index contributed by atoms with van der Waals surface area (Å²) in [7, 11) is -6.25. The molecule has 2 N–H and O–H groups in total. The van der Waals surface area contributed by atoms with Gasteiger partial charge in [0.25, 0.3) is 0 Å². The van der Waals surface area contributed by atoms with Crippen LogP contribution in [-0.4, -0.2) is 44.4 Å². The van der Waals surface area contributed by atoms with Crippen molar-refractivity contribution < 1.29 is 69.7 Å². The summed E-state index contributed by atoms with van der Waals surface area (Å²) in [5.41, 5.74) is 0. The molecule has 146 valence electrons. The summed E-state index contributed by atoms with van der Waals surface area (Å²) < 4.78 is 183. The molecule has 0 unspecified atom stereocenters. The first-order valence-corrected chi connectivity index (χ1v) is 6.12. The first kappa shape index (κ1) is 23.0. The van der Waals surface area contributed by atoms with Crippen molar-refractivity contribution in [3.8, 4) is 0 Å². The van der Waals surface area contributed by atoms with Crippen LogP contribution in [0.5, 0.6) is 0 Å². The lowest BCUT2D eigenvalue weighted by molar-refractivity contribution is -0.456. The fraction of sp³-hybridized carbons (Fsp3) is 1.00. The van der Waals surface area contributed by atoms with E-state index in [1.54, 1.807) is 0 Å².